The minimum atomic E-state index is -0.413. The summed E-state index contributed by atoms with van der Waals surface area (Å²) in [6, 6.07) is 1.76. The molecule has 0 unspecified atom stereocenters. The highest BCUT2D eigenvalue weighted by Crippen LogP contribution is 2.41. The molecule has 0 aromatic carbocycles. The van der Waals surface area contributed by atoms with E-state index in [1.165, 1.54) is 71.3 Å². The van der Waals surface area contributed by atoms with Gasteiger partial charge in [-0.05, 0) is 274 Å². The van der Waals surface area contributed by atoms with Crippen molar-refractivity contribution in [1.29, 1.82) is 0 Å². The van der Waals surface area contributed by atoms with Crippen molar-refractivity contribution >= 4 is 29.8 Å². The number of anilines is 3. The first-order valence-electron chi connectivity index (χ1n) is 37.2. The highest BCUT2D eigenvalue weighted by Gasteiger charge is 2.47. The Kier molecular flexibility index (Phi) is 29.5. The first kappa shape index (κ1) is 84.4. The number of esters is 2. The Morgan fingerprint density at radius 3 is 1.29 bits per heavy atom. The molecule has 0 saturated carbocycles. The lowest BCUT2D eigenvalue weighted by molar-refractivity contribution is -0.151. The molecule has 1 aromatic heterocycles. The highest BCUT2D eigenvalue weighted by molar-refractivity contribution is 5.77. The fraction of sp³-hybridized carbons (Fsp3) is 0.935. The number of carbonyl (C=O) groups excluding carboxylic acids is 2. The molecule has 7 N–H and O–H groups in total. The number of methoxy groups -OCH3 is 1. The van der Waals surface area contributed by atoms with Gasteiger partial charge in [-0.2, -0.15) is 15.0 Å². The molecule has 0 radical (unpaired) electrons. The van der Waals surface area contributed by atoms with Crippen LogP contribution in [-0.4, -0.2) is 186 Å². The van der Waals surface area contributed by atoms with Crippen LogP contribution in [0, 0.1) is 5.41 Å². The molecular formula is C77H151N13O5. The van der Waals surface area contributed by atoms with E-state index < -0.39 is 11.9 Å². The van der Waals surface area contributed by atoms with Crippen LogP contribution in [-0.2, 0) is 19.1 Å². The largest absolute Gasteiger partial charge is 0.469 e. The second kappa shape index (κ2) is 33.2. The predicted octanol–water partition coefficient (Wildman–Crippen LogP) is 14.1. The molecule has 5 aliphatic rings. The number of ether oxygens (including phenoxy) is 2. The fourth-order valence-electron chi connectivity index (χ4n) is 19.0. The van der Waals surface area contributed by atoms with Gasteiger partial charge in [-0.1, -0.05) is 53.9 Å². The number of hydrogen-bond donors (Lipinski definition) is 7. The summed E-state index contributed by atoms with van der Waals surface area (Å²) in [4.78, 5) is 49.5. The standard InChI is InChI=1S/C60H118N12.C16H29NO5.CH4/c1-51(2,3)43-60(20,21)65-48-62-49(71(46-39-56(12,13)68-57(14,15)40-46)33-29-24-23-27-31-61-44-35-52(4,5)66-53(6,7)36-44)64-50(63-48)72(47-41-58(16,17)69-59(18,19)42-47)34-30-26-25-28-32-70(22)45-37-54(8,9)67-55(10,11)38-45;1-15(2)10-12(18)11-16(3,4)17(15)8-9-22-14(20)7-6-13(19)21-5;/h44-47,61,66-69H,23-43H2,1-22H3,(H,62,63,64,65);12,18H,6-11H2,1-5H3;1H4. The second-order valence-electron chi connectivity index (χ2n) is 38.7. The maximum atomic E-state index is 11.6. The van der Waals surface area contributed by atoms with Gasteiger partial charge in [0.15, 0.2) is 0 Å². The van der Waals surface area contributed by atoms with E-state index in [1.807, 2.05) is 0 Å². The number of carbonyl (C=O) groups is 2. The smallest absolute Gasteiger partial charge is 0.306 e. The first-order chi connectivity index (χ1) is 42.8. The minimum absolute atomic E-state index is 0. The summed E-state index contributed by atoms with van der Waals surface area (Å²) in [5.41, 5.74) is 0.162. The Morgan fingerprint density at radius 2 is 0.895 bits per heavy atom. The average Bonchev–Trinajstić information content (AvgIpc) is 0.788. The monoisotopic (exact) mass is 1340 g/mol. The second-order valence-corrected chi connectivity index (χ2v) is 38.7. The Balaban J connectivity index is 0.000000707. The number of hydrogen-bond acceptors (Lipinski definition) is 18. The van der Waals surface area contributed by atoms with E-state index >= 15 is 0 Å². The molecule has 0 spiro atoms. The van der Waals surface area contributed by atoms with Gasteiger partial charge in [0, 0.05) is 105 Å². The third-order valence-corrected chi connectivity index (χ3v) is 20.4. The van der Waals surface area contributed by atoms with Crippen LogP contribution in [0.4, 0.5) is 17.8 Å². The van der Waals surface area contributed by atoms with E-state index in [2.05, 4.69) is 236 Å². The van der Waals surface area contributed by atoms with Gasteiger partial charge in [-0.3, -0.25) is 14.5 Å². The van der Waals surface area contributed by atoms with Gasteiger partial charge >= 0.3 is 11.9 Å². The molecule has 1 aromatic rings. The van der Waals surface area contributed by atoms with Gasteiger partial charge < -0.3 is 61.2 Å². The van der Waals surface area contributed by atoms with Gasteiger partial charge in [-0.25, -0.2) is 0 Å². The van der Waals surface area contributed by atoms with Crippen molar-refractivity contribution in [3.63, 3.8) is 0 Å². The van der Waals surface area contributed by atoms with E-state index in [9.17, 15) is 14.7 Å². The molecule has 6 rings (SSSR count). The topological polar surface area (TPSA) is 197 Å². The van der Waals surface area contributed by atoms with E-state index in [1.54, 1.807) is 0 Å². The summed E-state index contributed by atoms with van der Waals surface area (Å²) < 4.78 is 9.69. The van der Waals surface area contributed by atoms with Crippen LogP contribution in [0.15, 0.2) is 0 Å². The molecular weight excluding hydrogens is 1190 g/mol. The van der Waals surface area contributed by atoms with Crippen LogP contribution in [0.2, 0.25) is 0 Å². The number of aromatic nitrogens is 3. The normalized spacial score (nSPS) is 23.4. The van der Waals surface area contributed by atoms with Crippen LogP contribution in [0.5, 0.6) is 0 Å². The summed E-state index contributed by atoms with van der Waals surface area (Å²) in [5.74, 6) is 1.59. The molecule has 0 bridgehead atoms. The number of nitrogens with zero attached hydrogens (tertiary/aromatic N) is 7. The van der Waals surface area contributed by atoms with E-state index in [0.29, 0.717) is 49.5 Å². The molecule has 5 aliphatic heterocycles. The summed E-state index contributed by atoms with van der Waals surface area (Å²) >= 11 is 0. The quantitative estimate of drug-likeness (QED) is 0.0295. The maximum Gasteiger partial charge on any atom is 0.306 e. The summed E-state index contributed by atoms with van der Waals surface area (Å²) in [6.45, 7) is 63.0. The fourth-order valence-corrected chi connectivity index (χ4v) is 19.0. The average molecular weight is 1340 g/mol. The number of rotatable bonds is 29. The molecule has 18 nitrogen and oxygen atoms in total. The zero-order valence-corrected chi connectivity index (χ0v) is 65.7. The zero-order valence-electron chi connectivity index (χ0n) is 65.7. The Morgan fingerprint density at radius 1 is 0.526 bits per heavy atom. The number of unbranched alkanes of at least 4 members (excludes halogenated alkanes) is 6. The third-order valence-electron chi connectivity index (χ3n) is 20.4. The molecule has 18 heteroatoms. The van der Waals surface area contributed by atoms with Crippen molar-refractivity contribution in [2.45, 2.75) is 407 Å². The van der Waals surface area contributed by atoms with Crippen LogP contribution >= 0.6 is 0 Å². The number of piperidine rings is 5. The van der Waals surface area contributed by atoms with Crippen LogP contribution < -0.4 is 41.7 Å². The van der Waals surface area contributed by atoms with Crippen molar-refractivity contribution in [3.8, 4) is 0 Å². The third kappa shape index (κ3) is 28.9. The molecule has 6 heterocycles. The Labute approximate surface area is 583 Å². The maximum absolute atomic E-state index is 11.6. The number of likely N-dealkylation sites (tertiary alicyclic amines) is 1. The zero-order chi connectivity index (χ0) is 71.0. The summed E-state index contributed by atoms with van der Waals surface area (Å²) in [5, 5.41) is 33.6. The SMILES string of the molecule is C.CN(CCCCCCN(c1nc(NC(C)(C)CC(C)(C)C)nc(N(CCCCCCNC2CC(C)(C)NC(C)(C)C2)C2CC(C)(C)NC(C)(C)C2)n1)C1CC(C)(C)NC(C)(C)C1)C1CC(C)(C)NC(C)(C)C1.COC(=O)CCC(=O)OCCN1C(C)(C)CC(O)CC1(C)C. The minimum Gasteiger partial charge on any atom is -0.469 e. The van der Waals surface area contributed by atoms with Gasteiger partial charge in [-0.15, -0.1) is 0 Å². The lowest BCUT2D eigenvalue weighted by Gasteiger charge is -2.54. The summed E-state index contributed by atoms with van der Waals surface area (Å²) in [6.07, 6.45) is 20.5. The number of aliphatic hydroxyl groups is 1. The molecule has 5 saturated heterocycles. The van der Waals surface area contributed by atoms with E-state index in [-0.39, 0.29) is 99.3 Å². The van der Waals surface area contributed by atoms with E-state index in [4.69, 9.17) is 19.7 Å². The van der Waals surface area contributed by atoms with Crippen molar-refractivity contribution in [1.82, 2.24) is 51.3 Å². The molecule has 95 heavy (non-hydrogen) atoms. The van der Waals surface area contributed by atoms with Crippen molar-refractivity contribution < 1.29 is 24.2 Å². The molecule has 5 fully saturated rings. The van der Waals surface area contributed by atoms with Crippen molar-refractivity contribution in [3.05, 3.63) is 0 Å². The molecule has 554 valence electrons. The van der Waals surface area contributed by atoms with Crippen LogP contribution in [0.1, 0.15) is 315 Å². The highest BCUT2D eigenvalue weighted by atomic mass is 16.5. The molecule has 0 aliphatic carbocycles. The first-order valence-corrected chi connectivity index (χ1v) is 37.2. The van der Waals surface area contributed by atoms with E-state index in [0.717, 1.165) is 83.0 Å². The Bertz CT molecular complexity index is 2450. The van der Waals surface area contributed by atoms with Crippen molar-refractivity contribution in [2.75, 3.05) is 68.6 Å². The molecule has 0 amide bonds. The van der Waals surface area contributed by atoms with Crippen LogP contribution in [0.3, 0.4) is 0 Å². The van der Waals surface area contributed by atoms with Gasteiger partial charge in [0.1, 0.15) is 6.61 Å². The number of aliphatic hydroxyl groups excluding tert-OH is 1. The summed E-state index contributed by atoms with van der Waals surface area (Å²) in [7, 11) is 3.66. The lowest BCUT2D eigenvalue weighted by Crippen LogP contribution is -2.63. The number of nitrogens with one attached hydrogen (secondary N) is 6. The van der Waals surface area contributed by atoms with Gasteiger partial charge in [0.25, 0.3) is 0 Å². The van der Waals surface area contributed by atoms with Crippen molar-refractivity contribution in [2.24, 2.45) is 5.41 Å². The van der Waals surface area contributed by atoms with Gasteiger partial charge in [0.05, 0.1) is 26.1 Å². The molecule has 0 atom stereocenters. The lowest BCUT2D eigenvalue weighted by atomic mass is 9.78. The van der Waals surface area contributed by atoms with Gasteiger partial charge in [0.2, 0.25) is 17.8 Å². The van der Waals surface area contributed by atoms with Crippen LogP contribution in [0.25, 0.3) is 0 Å². The Hall–Kier alpha value is -2.97. The predicted molar refractivity (Wildman–Crippen MR) is 400 cm³/mol.